The number of nitrogens with one attached hydrogen (secondary N) is 2. The van der Waals surface area contributed by atoms with Gasteiger partial charge in [0.25, 0.3) is 5.91 Å². The standard InChI is InChI=1S/C29H41N5O5S/c1-32(26(22-9-4-2-5-10-22)20-33-18-14-23(35)19-33)28(36)21-39-27-13-12-25(29-24(27)11-8-15-30-29)31-40(37,38)34-16-6-3-7-17-34/h2,4-5,9-10,12-13,23,26,30-31,35H,3,6-8,11,14-21H2,1H3/t23-,26+/m0/s1. The molecule has 2 aromatic carbocycles. The van der Waals surface area contributed by atoms with Crippen LogP contribution in [-0.2, 0) is 21.4 Å². The molecule has 0 unspecified atom stereocenters. The summed E-state index contributed by atoms with van der Waals surface area (Å²) < 4.78 is 36.4. The second-order valence-electron chi connectivity index (χ2n) is 11.0. The molecule has 0 spiro atoms. The Bertz CT molecular complexity index is 1270. The van der Waals surface area contributed by atoms with Crippen molar-refractivity contribution >= 4 is 27.5 Å². The molecule has 3 heterocycles. The van der Waals surface area contributed by atoms with E-state index in [0.29, 0.717) is 37.6 Å². The summed E-state index contributed by atoms with van der Waals surface area (Å²) in [6.07, 6.45) is 4.83. The fourth-order valence-electron chi connectivity index (χ4n) is 5.85. The van der Waals surface area contributed by atoms with E-state index >= 15 is 0 Å². The highest BCUT2D eigenvalue weighted by atomic mass is 32.2. The van der Waals surface area contributed by atoms with Gasteiger partial charge in [0.05, 0.1) is 23.5 Å². The summed E-state index contributed by atoms with van der Waals surface area (Å²) in [7, 11) is -1.85. The number of β-amino-alcohol motifs (C(OH)–C–C–N with tert-alkyl or cyclic N) is 1. The minimum absolute atomic E-state index is 0.131. The molecule has 2 atom stereocenters. The summed E-state index contributed by atoms with van der Waals surface area (Å²) >= 11 is 0. The third-order valence-corrected chi connectivity index (χ3v) is 9.67. The molecule has 3 aliphatic rings. The third kappa shape index (κ3) is 6.71. The van der Waals surface area contributed by atoms with Crippen LogP contribution in [0.25, 0.3) is 0 Å². The van der Waals surface area contributed by atoms with Crippen molar-refractivity contribution in [1.29, 1.82) is 0 Å². The van der Waals surface area contributed by atoms with Gasteiger partial charge < -0.3 is 20.1 Å². The van der Waals surface area contributed by atoms with Crippen LogP contribution < -0.4 is 14.8 Å². The van der Waals surface area contributed by atoms with E-state index < -0.39 is 10.2 Å². The summed E-state index contributed by atoms with van der Waals surface area (Å²) in [5.74, 6) is 0.435. The number of benzene rings is 2. The van der Waals surface area contributed by atoms with E-state index in [0.717, 1.165) is 68.4 Å². The van der Waals surface area contributed by atoms with E-state index in [-0.39, 0.29) is 24.7 Å². The Balaban J connectivity index is 1.28. The Labute approximate surface area is 237 Å². The molecule has 0 aliphatic carbocycles. The number of aliphatic hydroxyl groups is 1. The van der Waals surface area contributed by atoms with Gasteiger partial charge in [0.1, 0.15) is 5.75 Å². The fourth-order valence-corrected chi connectivity index (χ4v) is 7.17. The predicted molar refractivity (Wildman–Crippen MR) is 156 cm³/mol. The predicted octanol–water partition coefficient (Wildman–Crippen LogP) is 2.83. The zero-order chi connectivity index (χ0) is 28.1. The summed E-state index contributed by atoms with van der Waals surface area (Å²) in [4.78, 5) is 17.3. The van der Waals surface area contributed by atoms with Gasteiger partial charge in [0.2, 0.25) is 0 Å². The number of piperidine rings is 1. The van der Waals surface area contributed by atoms with Crippen LogP contribution in [0.4, 0.5) is 11.4 Å². The zero-order valence-electron chi connectivity index (χ0n) is 23.2. The highest BCUT2D eigenvalue weighted by molar-refractivity contribution is 7.90. The van der Waals surface area contributed by atoms with E-state index in [1.807, 2.05) is 30.3 Å². The number of fused-ring (bicyclic) bond motifs is 1. The number of rotatable bonds is 10. The Morgan fingerprint density at radius 1 is 1.12 bits per heavy atom. The zero-order valence-corrected chi connectivity index (χ0v) is 24.0. The highest BCUT2D eigenvalue weighted by Crippen LogP contribution is 2.38. The van der Waals surface area contributed by atoms with Crippen LogP contribution >= 0.6 is 0 Å². The average molecular weight is 572 g/mol. The topological polar surface area (TPSA) is 114 Å². The molecule has 3 aliphatic heterocycles. The van der Waals surface area contributed by atoms with Gasteiger partial charge in [-0.3, -0.25) is 14.4 Å². The molecule has 0 bridgehead atoms. The van der Waals surface area contributed by atoms with Crippen molar-refractivity contribution < 1.29 is 23.1 Å². The number of nitrogens with zero attached hydrogens (tertiary/aromatic N) is 3. The van der Waals surface area contributed by atoms with E-state index in [4.69, 9.17) is 4.74 Å². The normalized spacial score (nSPS) is 20.8. The first-order valence-electron chi connectivity index (χ1n) is 14.3. The maximum Gasteiger partial charge on any atom is 0.301 e. The first-order valence-corrected chi connectivity index (χ1v) is 15.8. The van der Waals surface area contributed by atoms with Gasteiger partial charge in [-0.2, -0.15) is 12.7 Å². The lowest BCUT2D eigenvalue weighted by atomic mass is 10.0. The quantitative estimate of drug-likeness (QED) is 0.402. The number of carbonyl (C=O) groups is 1. The monoisotopic (exact) mass is 571 g/mol. The molecular formula is C29H41N5O5S. The molecule has 2 aromatic rings. The molecule has 0 saturated carbocycles. The molecule has 11 heteroatoms. The summed E-state index contributed by atoms with van der Waals surface area (Å²) in [6.45, 7) is 3.71. The van der Waals surface area contributed by atoms with Gasteiger partial charge in [-0.1, -0.05) is 36.8 Å². The van der Waals surface area contributed by atoms with Crippen molar-refractivity contribution in [3.63, 3.8) is 0 Å². The number of hydrogen-bond acceptors (Lipinski definition) is 7. The number of ether oxygens (including phenoxy) is 1. The van der Waals surface area contributed by atoms with Gasteiger partial charge in [0.15, 0.2) is 6.61 Å². The molecule has 2 saturated heterocycles. The number of anilines is 2. The molecule has 1 amide bonds. The molecule has 2 fully saturated rings. The van der Waals surface area contributed by atoms with Gasteiger partial charge in [-0.25, -0.2) is 0 Å². The van der Waals surface area contributed by atoms with Crippen LogP contribution in [0, 0.1) is 0 Å². The van der Waals surface area contributed by atoms with Crippen molar-refractivity contribution in [2.45, 2.75) is 50.7 Å². The van der Waals surface area contributed by atoms with Crippen LogP contribution in [0.2, 0.25) is 0 Å². The van der Waals surface area contributed by atoms with Gasteiger partial charge in [0, 0.05) is 51.9 Å². The van der Waals surface area contributed by atoms with E-state index in [2.05, 4.69) is 14.9 Å². The summed E-state index contributed by atoms with van der Waals surface area (Å²) in [5, 5.41) is 13.3. The second-order valence-corrected chi connectivity index (χ2v) is 12.7. The maximum absolute atomic E-state index is 13.4. The molecule has 5 rings (SSSR count). The lowest BCUT2D eigenvalue weighted by Crippen LogP contribution is -2.41. The first-order chi connectivity index (χ1) is 19.3. The molecule has 0 aromatic heterocycles. The number of carbonyl (C=O) groups excluding carboxylic acids is 1. The molecule has 3 N–H and O–H groups in total. The lowest BCUT2D eigenvalue weighted by Gasteiger charge is -2.32. The Morgan fingerprint density at radius 2 is 1.90 bits per heavy atom. The Hall–Kier alpha value is -2.86. The molecule has 218 valence electrons. The summed E-state index contributed by atoms with van der Waals surface area (Å²) in [6, 6.07) is 13.2. The first kappa shape index (κ1) is 28.7. The number of aliphatic hydroxyl groups excluding tert-OH is 1. The Kier molecular flexibility index (Phi) is 9.14. The minimum Gasteiger partial charge on any atom is -0.483 e. The van der Waals surface area contributed by atoms with E-state index in [9.17, 15) is 18.3 Å². The number of likely N-dealkylation sites (tertiary alicyclic amines) is 1. The van der Waals surface area contributed by atoms with Crippen molar-refractivity contribution in [2.75, 3.05) is 63.0 Å². The minimum atomic E-state index is -3.65. The van der Waals surface area contributed by atoms with Crippen molar-refractivity contribution in [1.82, 2.24) is 14.1 Å². The average Bonchev–Trinajstić information content (AvgIpc) is 3.40. The summed E-state index contributed by atoms with van der Waals surface area (Å²) in [5.41, 5.74) is 3.14. The van der Waals surface area contributed by atoms with E-state index in [1.165, 1.54) is 4.31 Å². The van der Waals surface area contributed by atoms with Gasteiger partial charge >= 0.3 is 10.2 Å². The number of amides is 1. The maximum atomic E-state index is 13.4. The van der Waals surface area contributed by atoms with Crippen LogP contribution in [-0.4, -0.2) is 92.6 Å². The molecule has 40 heavy (non-hydrogen) atoms. The SMILES string of the molecule is CN(C(=O)COc1ccc(NS(=O)(=O)N2CCCCC2)c2c1CCCN2)[C@H](CN1CC[C@H](O)C1)c1ccccc1. The van der Waals surface area contributed by atoms with Crippen molar-refractivity contribution in [3.8, 4) is 5.75 Å². The largest absolute Gasteiger partial charge is 0.483 e. The Morgan fingerprint density at radius 3 is 2.62 bits per heavy atom. The third-order valence-electron chi connectivity index (χ3n) is 8.14. The van der Waals surface area contributed by atoms with Gasteiger partial charge in [-0.05, 0) is 49.8 Å². The number of likely N-dealkylation sites (N-methyl/N-ethyl adjacent to an activating group) is 1. The molecular weight excluding hydrogens is 530 g/mol. The fraction of sp³-hybridized carbons (Fsp3) is 0.552. The van der Waals surface area contributed by atoms with Crippen molar-refractivity contribution in [2.24, 2.45) is 0 Å². The lowest BCUT2D eigenvalue weighted by molar-refractivity contribution is -0.134. The van der Waals surface area contributed by atoms with E-state index in [1.54, 1.807) is 24.1 Å². The molecule has 10 nitrogen and oxygen atoms in total. The molecule has 0 radical (unpaired) electrons. The second kappa shape index (κ2) is 12.8. The van der Waals surface area contributed by atoms with Crippen LogP contribution in [0.3, 0.4) is 0 Å². The van der Waals surface area contributed by atoms with Crippen LogP contribution in [0.1, 0.15) is 49.3 Å². The van der Waals surface area contributed by atoms with Crippen LogP contribution in [0.15, 0.2) is 42.5 Å². The van der Waals surface area contributed by atoms with Gasteiger partial charge in [-0.15, -0.1) is 0 Å². The van der Waals surface area contributed by atoms with Crippen LogP contribution in [0.5, 0.6) is 5.75 Å². The highest BCUT2D eigenvalue weighted by Gasteiger charge is 2.30. The smallest absolute Gasteiger partial charge is 0.301 e. The van der Waals surface area contributed by atoms with Crippen molar-refractivity contribution in [3.05, 3.63) is 53.6 Å². The number of hydrogen-bond donors (Lipinski definition) is 3.